The maximum atomic E-state index is 11.6. The van der Waals surface area contributed by atoms with Crippen molar-refractivity contribution in [3.8, 4) is 0 Å². The molecule has 28 heavy (non-hydrogen) atoms. The molecule has 142 valence electrons. The molecule has 1 amide bonds. The second kappa shape index (κ2) is 7.64. The third-order valence-electron chi connectivity index (χ3n) is 4.76. The van der Waals surface area contributed by atoms with Gasteiger partial charge in [0.05, 0.1) is 17.0 Å². The molecule has 0 saturated carbocycles. The van der Waals surface area contributed by atoms with E-state index < -0.39 is 0 Å². The van der Waals surface area contributed by atoms with Gasteiger partial charge in [-0.2, -0.15) is 5.10 Å². The molecule has 1 aliphatic rings. The van der Waals surface area contributed by atoms with E-state index in [0.29, 0.717) is 11.8 Å². The fraction of sp³-hybridized carbons (Fsp3) is 0.227. The van der Waals surface area contributed by atoms with Gasteiger partial charge in [0.2, 0.25) is 0 Å². The molecule has 2 heterocycles. The Kier molecular flexibility index (Phi) is 5.05. The van der Waals surface area contributed by atoms with E-state index in [9.17, 15) is 4.79 Å². The fourth-order valence-corrected chi connectivity index (χ4v) is 4.21. The summed E-state index contributed by atoms with van der Waals surface area (Å²) in [6.07, 6.45) is 4.06. The summed E-state index contributed by atoms with van der Waals surface area (Å²) in [5, 5.41) is 8.46. The molecule has 0 aliphatic carbocycles. The standard InChI is InChI=1S/C22H22N4OS/c1-14(2)18-7-5-4-6-16(18)12-26-13-17-10-15(8-9-19(17)25-26)11-20-21(23-3)24-22(27)28-20/h4-11,13-14H,12H2,1-3H3,(H,23,24,27)/b20-11-. The van der Waals surface area contributed by atoms with Crippen LogP contribution in [-0.2, 0) is 6.54 Å². The first-order chi connectivity index (χ1) is 13.5. The normalized spacial score (nSPS) is 17.2. The zero-order chi connectivity index (χ0) is 19.7. The van der Waals surface area contributed by atoms with E-state index in [4.69, 9.17) is 5.10 Å². The Hall–Kier alpha value is -2.86. The van der Waals surface area contributed by atoms with Crippen LogP contribution >= 0.6 is 11.8 Å². The molecule has 2 aromatic carbocycles. The van der Waals surface area contributed by atoms with Crippen molar-refractivity contribution in [2.45, 2.75) is 26.3 Å². The minimum absolute atomic E-state index is 0.0930. The maximum Gasteiger partial charge on any atom is 0.289 e. The second-order valence-corrected chi connectivity index (χ2v) is 8.11. The molecule has 1 N–H and O–H groups in total. The minimum Gasteiger partial charge on any atom is -0.300 e. The molecule has 6 heteroatoms. The predicted molar refractivity (Wildman–Crippen MR) is 117 cm³/mol. The van der Waals surface area contributed by atoms with Crippen LogP contribution in [0.15, 0.2) is 58.6 Å². The smallest absolute Gasteiger partial charge is 0.289 e. The van der Waals surface area contributed by atoms with Gasteiger partial charge in [0.15, 0.2) is 0 Å². The molecule has 5 nitrogen and oxygen atoms in total. The summed E-state index contributed by atoms with van der Waals surface area (Å²) in [4.78, 5) is 16.6. The van der Waals surface area contributed by atoms with Crippen molar-refractivity contribution in [2.75, 3.05) is 7.05 Å². The molecule has 1 fully saturated rings. The number of aliphatic imine (C=N–C) groups is 1. The molecule has 0 bridgehead atoms. The zero-order valence-electron chi connectivity index (χ0n) is 16.1. The van der Waals surface area contributed by atoms with E-state index in [2.05, 4.69) is 60.7 Å². The summed E-state index contributed by atoms with van der Waals surface area (Å²) in [5.41, 5.74) is 4.63. The van der Waals surface area contributed by atoms with Crippen LogP contribution in [0, 0.1) is 0 Å². The summed E-state index contributed by atoms with van der Waals surface area (Å²) in [7, 11) is 1.68. The van der Waals surface area contributed by atoms with E-state index in [0.717, 1.165) is 27.9 Å². The lowest BCUT2D eigenvalue weighted by Gasteiger charge is -2.12. The Morgan fingerprint density at radius 1 is 1.25 bits per heavy atom. The average Bonchev–Trinajstić information content (AvgIpc) is 3.23. The lowest BCUT2D eigenvalue weighted by molar-refractivity contribution is 0.265. The molecule has 0 atom stereocenters. The molecule has 1 saturated heterocycles. The number of carbonyl (C=O) groups is 1. The van der Waals surface area contributed by atoms with Gasteiger partial charge in [-0.1, -0.05) is 44.2 Å². The van der Waals surface area contributed by atoms with Gasteiger partial charge in [0, 0.05) is 18.6 Å². The third-order valence-corrected chi connectivity index (χ3v) is 5.58. The number of hydrogen-bond donors (Lipinski definition) is 1. The first kappa shape index (κ1) is 18.5. The summed E-state index contributed by atoms with van der Waals surface area (Å²) in [5.74, 6) is 1.10. The monoisotopic (exact) mass is 390 g/mol. The van der Waals surface area contributed by atoms with Gasteiger partial charge >= 0.3 is 0 Å². The second-order valence-electron chi connectivity index (χ2n) is 7.09. The van der Waals surface area contributed by atoms with E-state index in [1.54, 1.807) is 7.05 Å². The van der Waals surface area contributed by atoms with Crippen LogP contribution < -0.4 is 5.32 Å². The first-order valence-corrected chi connectivity index (χ1v) is 10.1. The molecule has 0 spiro atoms. The molecule has 4 rings (SSSR count). The Balaban J connectivity index is 1.64. The van der Waals surface area contributed by atoms with Gasteiger partial charge < -0.3 is 5.32 Å². The van der Waals surface area contributed by atoms with Crippen LogP contribution in [0.4, 0.5) is 4.79 Å². The van der Waals surface area contributed by atoms with Crippen LogP contribution in [0.25, 0.3) is 17.0 Å². The van der Waals surface area contributed by atoms with Crippen LogP contribution in [0.3, 0.4) is 0 Å². The van der Waals surface area contributed by atoms with Crippen molar-refractivity contribution in [2.24, 2.45) is 4.99 Å². The lowest BCUT2D eigenvalue weighted by atomic mass is 9.97. The Morgan fingerprint density at radius 2 is 2.07 bits per heavy atom. The van der Waals surface area contributed by atoms with Crippen LogP contribution in [0.1, 0.15) is 36.5 Å². The number of fused-ring (bicyclic) bond motifs is 1. The largest absolute Gasteiger partial charge is 0.300 e. The number of benzene rings is 2. The van der Waals surface area contributed by atoms with Crippen LogP contribution in [0.5, 0.6) is 0 Å². The topological polar surface area (TPSA) is 59.3 Å². The van der Waals surface area contributed by atoms with E-state index >= 15 is 0 Å². The number of rotatable bonds is 4. The van der Waals surface area contributed by atoms with Gasteiger partial charge in [-0.05, 0) is 52.6 Å². The van der Waals surface area contributed by atoms with Crippen molar-refractivity contribution < 1.29 is 4.79 Å². The number of amidine groups is 1. The van der Waals surface area contributed by atoms with E-state index in [-0.39, 0.29) is 5.24 Å². The van der Waals surface area contributed by atoms with Gasteiger partial charge in [-0.25, -0.2) is 0 Å². The quantitative estimate of drug-likeness (QED) is 0.679. The number of carbonyl (C=O) groups excluding carboxylic acids is 1. The number of hydrogen-bond acceptors (Lipinski definition) is 4. The highest BCUT2D eigenvalue weighted by molar-refractivity contribution is 8.18. The van der Waals surface area contributed by atoms with Crippen molar-refractivity contribution >= 4 is 39.8 Å². The lowest BCUT2D eigenvalue weighted by Crippen LogP contribution is -2.18. The Labute approximate surface area is 168 Å². The number of nitrogens with one attached hydrogen (secondary N) is 1. The van der Waals surface area contributed by atoms with Gasteiger partial charge in [0.1, 0.15) is 5.84 Å². The molecule has 1 aromatic heterocycles. The Bertz CT molecular complexity index is 1110. The summed E-state index contributed by atoms with van der Waals surface area (Å²) >= 11 is 1.17. The van der Waals surface area contributed by atoms with Crippen molar-refractivity contribution in [1.82, 2.24) is 15.1 Å². The summed E-state index contributed by atoms with van der Waals surface area (Å²) < 4.78 is 2.00. The first-order valence-electron chi connectivity index (χ1n) is 9.26. The van der Waals surface area contributed by atoms with Crippen LogP contribution in [-0.4, -0.2) is 27.9 Å². The molecular weight excluding hydrogens is 368 g/mol. The number of aromatic nitrogens is 2. The van der Waals surface area contributed by atoms with Gasteiger partial charge in [0.25, 0.3) is 5.24 Å². The Morgan fingerprint density at radius 3 is 2.86 bits per heavy atom. The predicted octanol–water partition coefficient (Wildman–Crippen LogP) is 5.03. The van der Waals surface area contributed by atoms with E-state index in [1.807, 2.05) is 22.9 Å². The number of nitrogens with zero attached hydrogens (tertiary/aromatic N) is 3. The summed E-state index contributed by atoms with van der Waals surface area (Å²) in [6.45, 7) is 5.18. The molecule has 3 aromatic rings. The highest BCUT2D eigenvalue weighted by Gasteiger charge is 2.22. The van der Waals surface area contributed by atoms with E-state index in [1.165, 1.54) is 22.9 Å². The third kappa shape index (κ3) is 3.73. The minimum atomic E-state index is -0.0930. The zero-order valence-corrected chi connectivity index (χ0v) is 17.0. The highest BCUT2D eigenvalue weighted by atomic mass is 32.2. The van der Waals surface area contributed by atoms with Crippen molar-refractivity contribution in [1.29, 1.82) is 0 Å². The van der Waals surface area contributed by atoms with Gasteiger partial charge in [-0.15, -0.1) is 0 Å². The SMILES string of the molecule is CN=C1NC(=O)S/C1=C\c1ccc2nn(Cc3ccccc3C(C)C)cc2c1. The number of amides is 1. The fourth-order valence-electron chi connectivity index (χ4n) is 3.43. The van der Waals surface area contributed by atoms with Crippen LogP contribution in [0.2, 0.25) is 0 Å². The van der Waals surface area contributed by atoms with Crippen molar-refractivity contribution in [3.63, 3.8) is 0 Å². The highest BCUT2D eigenvalue weighted by Crippen LogP contribution is 2.27. The molecule has 0 radical (unpaired) electrons. The van der Waals surface area contributed by atoms with Gasteiger partial charge in [-0.3, -0.25) is 14.5 Å². The maximum absolute atomic E-state index is 11.6. The van der Waals surface area contributed by atoms with Crippen molar-refractivity contribution in [3.05, 3.63) is 70.3 Å². The number of thioether (sulfide) groups is 1. The molecular formula is C22H22N4OS. The average molecular weight is 391 g/mol. The summed E-state index contributed by atoms with van der Waals surface area (Å²) in [6, 6.07) is 14.7. The molecule has 0 unspecified atom stereocenters. The molecule has 1 aliphatic heterocycles.